The van der Waals surface area contributed by atoms with Gasteiger partial charge in [-0.3, -0.25) is 9.59 Å². The standard InChI is InChI=1S/C14H16O3/c15-13-11-7-4-8(12(11)14(16)17-13)10-6-2-1-5(3-6)9(7)10/h5-12H,1-4H2/t5-,6+,7+,8-,9-,10+,11?,12?. The molecule has 3 nitrogen and oxygen atoms in total. The van der Waals surface area contributed by atoms with Crippen LogP contribution in [0.1, 0.15) is 25.7 Å². The van der Waals surface area contributed by atoms with Crippen LogP contribution in [0, 0.1) is 47.3 Å². The topological polar surface area (TPSA) is 43.4 Å². The summed E-state index contributed by atoms with van der Waals surface area (Å²) < 4.78 is 4.89. The summed E-state index contributed by atoms with van der Waals surface area (Å²) in [7, 11) is 0. The summed E-state index contributed by atoms with van der Waals surface area (Å²) in [4.78, 5) is 23.6. The van der Waals surface area contributed by atoms with E-state index in [2.05, 4.69) is 0 Å². The molecule has 5 fully saturated rings. The van der Waals surface area contributed by atoms with Gasteiger partial charge < -0.3 is 4.74 Å². The van der Waals surface area contributed by atoms with Crippen molar-refractivity contribution in [3.63, 3.8) is 0 Å². The molecule has 0 aromatic carbocycles. The lowest BCUT2D eigenvalue weighted by atomic mass is 9.64. The van der Waals surface area contributed by atoms with Gasteiger partial charge in [0.15, 0.2) is 0 Å². The van der Waals surface area contributed by atoms with Gasteiger partial charge in [-0.2, -0.15) is 0 Å². The number of fused-ring (bicyclic) bond motifs is 12. The number of ether oxygens (including phenoxy) is 1. The molecular formula is C14H16O3. The monoisotopic (exact) mass is 232 g/mol. The number of hydrogen-bond acceptors (Lipinski definition) is 3. The van der Waals surface area contributed by atoms with Crippen molar-refractivity contribution in [2.24, 2.45) is 47.3 Å². The van der Waals surface area contributed by atoms with Crippen LogP contribution in [0.5, 0.6) is 0 Å². The zero-order valence-electron chi connectivity index (χ0n) is 9.67. The number of carbonyl (C=O) groups is 2. The van der Waals surface area contributed by atoms with Crippen LogP contribution in [0.2, 0.25) is 0 Å². The fourth-order valence-corrected chi connectivity index (χ4v) is 6.46. The Kier molecular flexibility index (Phi) is 1.39. The van der Waals surface area contributed by atoms with Crippen LogP contribution < -0.4 is 0 Å². The Morgan fingerprint density at radius 3 is 1.88 bits per heavy atom. The normalized spacial score (nSPS) is 61.9. The van der Waals surface area contributed by atoms with E-state index in [1.807, 2.05) is 0 Å². The quantitative estimate of drug-likeness (QED) is 0.362. The molecule has 0 aromatic rings. The fraction of sp³-hybridized carbons (Fsp3) is 0.857. The van der Waals surface area contributed by atoms with Gasteiger partial charge in [-0.15, -0.1) is 0 Å². The Labute approximate surface area is 99.9 Å². The number of carbonyl (C=O) groups excluding carboxylic acids is 2. The summed E-state index contributed by atoms with van der Waals surface area (Å²) in [6, 6.07) is 0. The van der Waals surface area contributed by atoms with Crippen LogP contribution in [0.25, 0.3) is 0 Å². The molecule has 4 saturated carbocycles. The van der Waals surface area contributed by atoms with E-state index in [4.69, 9.17) is 4.74 Å². The maximum atomic E-state index is 11.8. The molecule has 1 aliphatic heterocycles. The van der Waals surface area contributed by atoms with Gasteiger partial charge in [-0.25, -0.2) is 0 Å². The molecule has 0 radical (unpaired) electrons. The molecule has 0 amide bonds. The molecule has 0 aromatic heterocycles. The van der Waals surface area contributed by atoms with Gasteiger partial charge >= 0.3 is 11.9 Å². The Balaban J connectivity index is 1.61. The van der Waals surface area contributed by atoms with E-state index in [1.165, 1.54) is 19.3 Å². The Morgan fingerprint density at radius 1 is 0.824 bits per heavy atom. The van der Waals surface area contributed by atoms with Gasteiger partial charge in [0.05, 0.1) is 11.8 Å². The van der Waals surface area contributed by atoms with Crippen LogP contribution in [-0.4, -0.2) is 11.9 Å². The first-order chi connectivity index (χ1) is 8.25. The lowest BCUT2D eigenvalue weighted by Crippen LogP contribution is -2.39. The first-order valence-electron chi connectivity index (χ1n) is 7.01. The van der Waals surface area contributed by atoms with Crippen molar-refractivity contribution in [2.45, 2.75) is 25.7 Å². The molecule has 5 aliphatic rings. The predicted molar refractivity (Wildman–Crippen MR) is 57.5 cm³/mol. The van der Waals surface area contributed by atoms with E-state index in [0.29, 0.717) is 11.8 Å². The van der Waals surface area contributed by atoms with Crippen molar-refractivity contribution in [3.05, 3.63) is 0 Å². The van der Waals surface area contributed by atoms with Gasteiger partial charge in [0.25, 0.3) is 0 Å². The molecule has 17 heavy (non-hydrogen) atoms. The van der Waals surface area contributed by atoms with Crippen LogP contribution >= 0.6 is 0 Å². The predicted octanol–water partition coefficient (Wildman–Crippen LogP) is 1.61. The molecular weight excluding hydrogens is 216 g/mol. The number of rotatable bonds is 0. The van der Waals surface area contributed by atoms with E-state index < -0.39 is 0 Å². The number of hydrogen-bond donors (Lipinski definition) is 0. The molecule has 8 atom stereocenters. The molecule has 1 saturated heterocycles. The third kappa shape index (κ3) is 0.829. The van der Waals surface area contributed by atoms with Gasteiger partial charge in [0.2, 0.25) is 0 Å². The summed E-state index contributed by atoms with van der Waals surface area (Å²) in [5, 5.41) is 0. The molecule has 5 rings (SSSR count). The van der Waals surface area contributed by atoms with Crippen LogP contribution in [0.15, 0.2) is 0 Å². The second-order valence-corrected chi connectivity index (χ2v) is 6.84. The highest BCUT2D eigenvalue weighted by molar-refractivity contribution is 5.97. The molecule has 0 N–H and O–H groups in total. The molecule has 0 spiro atoms. The van der Waals surface area contributed by atoms with Gasteiger partial charge in [-0.05, 0) is 61.2 Å². The minimum absolute atomic E-state index is 0.0481. The Bertz CT molecular complexity index is 405. The van der Waals surface area contributed by atoms with Gasteiger partial charge in [-0.1, -0.05) is 0 Å². The lowest BCUT2D eigenvalue weighted by Gasteiger charge is -2.38. The van der Waals surface area contributed by atoms with E-state index in [1.54, 1.807) is 0 Å². The largest absolute Gasteiger partial charge is 0.393 e. The van der Waals surface area contributed by atoms with Gasteiger partial charge in [0, 0.05) is 0 Å². The molecule has 1 heterocycles. The van der Waals surface area contributed by atoms with Crippen molar-refractivity contribution >= 4 is 11.9 Å². The first kappa shape index (κ1) is 9.12. The first-order valence-corrected chi connectivity index (χ1v) is 7.01. The third-order valence-electron chi connectivity index (χ3n) is 6.63. The zero-order chi connectivity index (χ0) is 11.3. The summed E-state index contributed by atoms with van der Waals surface area (Å²) in [5.41, 5.74) is 0. The van der Waals surface area contributed by atoms with Crippen LogP contribution in [0.4, 0.5) is 0 Å². The summed E-state index contributed by atoms with van der Waals surface area (Å²) in [5.74, 6) is 3.74. The van der Waals surface area contributed by atoms with Crippen LogP contribution in [-0.2, 0) is 14.3 Å². The van der Waals surface area contributed by atoms with Crippen molar-refractivity contribution in [3.8, 4) is 0 Å². The maximum absolute atomic E-state index is 11.8. The van der Waals surface area contributed by atoms with Crippen molar-refractivity contribution in [2.75, 3.05) is 0 Å². The molecule has 4 aliphatic carbocycles. The second-order valence-electron chi connectivity index (χ2n) is 6.84. The van der Waals surface area contributed by atoms with Crippen LogP contribution in [0.3, 0.4) is 0 Å². The van der Waals surface area contributed by atoms with Crippen molar-refractivity contribution in [1.29, 1.82) is 0 Å². The minimum Gasteiger partial charge on any atom is -0.393 e. The SMILES string of the molecule is O=C1OC(=O)C2C1[C@H]1C[C@@H]2[C@@H]2[C@H]3CC[C@H](C3)[C@@H]21. The Morgan fingerprint density at radius 2 is 1.35 bits per heavy atom. The highest BCUT2D eigenvalue weighted by Crippen LogP contribution is 2.71. The van der Waals surface area contributed by atoms with E-state index in [9.17, 15) is 9.59 Å². The molecule has 2 unspecified atom stereocenters. The molecule has 3 heteroatoms. The highest BCUT2D eigenvalue weighted by atomic mass is 16.6. The van der Waals surface area contributed by atoms with Crippen molar-refractivity contribution < 1.29 is 14.3 Å². The maximum Gasteiger partial charge on any atom is 0.317 e. The van der Waals surface area contributed by atoms with E-state index in [-0.39, 0.29) is 23.8 Å². The zero-order valence-corrected chi connectivity index (χ0v) is 9.67. The smallest absolute Gasteiger partial charge is 0.317 e. The van der Waals surface area contributed by atoms with E-state index in [0.717, 1.165) is 30.1 Å². The Hall–Kier alpha value is -0.860. The number of esters is 2. The average molecular weight is 232 g/mol. The summed E-state index contributed by atoms with van der Waals surface area (Å²) in [6.45, 7) is 0. The minimum atomic E-state index is -0.200. The summed E-state index contributed by atoms with van der Waals surface area (Å²) >= 11 is 0. The lowest BCUT2D eigenvalue weighted by molar-refractivity contribution is -0.154. The van der Waals surface area contributed by atoms with Crippen molar-refractivity contribution in [1.82, 2.24) is 0 Å². The summed E-state index contributed by atoms with van der Waals surface area (Å²) in [6.07, 6.45) is 5.26. The average Bonchev–Trinajstić information content (AvgIpc) is 3.03. The third-order valence-corrected chi connectivity index (χ3v) is 6.63. The highest BCUT2D eigenvalue weighted by Gasteiger charge is 2.71. The van der Waals surface area contributed by atoms with Gasteiger partial charge in [0.1, 0.15) is 0 Å². The number of cyclic esters (lactones) is 2. The molecule has 90 valence electrons. The second kappa shape index (κ2) is 2.60. The molecule has 4 bridgehead atoms. The fourth-order valence-electron chi connectivity index (χ4n) is 6.46. The van der Waals surface area contributed by atoms with E-state index >= 15 is 0 Å².